The van der Waals surface area contributed by atoms with Gasteiger partial charge < -0.3 is 5.32 Å². The van der Waals surface area contributed by atoms with Crippen molar-refractivity contribution in [1.82, 2.24) is 14.9 Å². The lowest BCUT2D eigenvalue weighted by molar-refractivity contribution is 0.0175. The van der Waals surface area contributed by atoms with Crippen molar-refractivity contribution in [3.63, 3.8) is 0 Å². The number of para-hydroxylation sites is 1. The highest BCUT2D eigenvalue weighted by Gasteiger charge is 2.24. The monoisotopic (exact) mass is 472 g/mol. The van der Waals surface area contributed by atoms with Gasteiger partial charge in [0.25, 0.3) is 11.8 Å². The van der Waals surface area contributed by atoms with Crippen LogP contribution in [-0.4, -0.2) is 33.9 Å². The number of alkyl halides is 2. The molecule has 4 aromatic rings. The average Bonchev–Trinajstić information content (AvgIpc) is 3.37. The summed E-state index contributed by atoms with van der Waals surface area (Å²) >= 11 is 0. The van der Waals surface area contributed by atoms with Crippen molar-refractivity contribution in [1.29, 1.82) is 0 Å². The predicted molar refractivity (Wildman–Crippen MR) is 133 cm³/mol. The van der Waals surface area contributed by atoms with Gasteiger partial charge in [-0.3, -0.25) is 14.7 Å². The third-order valence-corrected chi connectivity index (χ3v) is 6.30. The van der Waals surface area contributed by atoms with E-state index in [2.05, 4.69) is 20.2 Å². The summed E-state index contributed by atoms with van der Waals surface area (Å²) in [5.74, 6) is -3.25. The van der Waals surface area contributed by atoms with E-state index >= 15 is 0 Å². The zero-order valence-electron chi connectivity index (χ0n) is 19.5. The second kappa shape index (κ2) is 9.50. The summed E-state index contributed by atoms with van der Waals surface area (Å²) in [7, 11) is 0. The Hall–Kier alpha value is -3.71. The molecular weight excluding hydrogens is 446 g/mol. The lowest BCUT2D eigenvalue weighted by Crippen LogP contribution is -2.19. The second-order valence-electron chi connectivity index (χ2n) is 9.02. The lowest BCUT2D eigenvalue weighted by Gasteiger charge is -2.14. The number of rotatable bonds is 6. The summed E-state index contributed by atoms with van der Waals surface area (Å²) in [6.45, 7) is 3.88. The number of carbonyl (C=O) groups excluding carboxylic acids is 1. The fourth-order valence-corrected chi connectivity index (χ4v) is 4.40. The molecule has 1 amide bonds. The van der Waals surface area contributed by atoms with E-state index < -0.39 is 5.92 Å². The van der Waals surface area contributed by atoms with Crippen molar-refractivity contribution >= 4 is 22.5 Å². The van der Waals surface area contributed by atoms with E-state index in [4.69, 9.17) is 0 Å². The number of nitrogens with one attached hydrogen (secondary N) is 1. The van der Waals surface area contributed by atoms with E-state index in [1.165, 1.54) is 25.0 Å². The largest absolute Gasteiger partial charge is 0.321 e. The van der Waals surface area contributed by atoms with Crippen molar-refractivity contribution in [2.24, 2.45) is 0 Å². The molecule has 1 aliphatic rings. The Morgan fingerprint density at radius 2 is 1.83 bits per heavy atom. The number of aromatic nitrogens is 2. The first kappa shape index (κ1) is 23.1. The van der Waals surface area contributed by atoms with Crippen molar-refractivity contribution in [2.45, 2.75) is 32.2 Å². The van der Waals surface area contributed by atoms with Crippen LogP contribution in [0.4, 0.5) is 14.5 Å². The second-order valence-corrected chi connectivity index (χ2v) is 9.02. The molecule has 0 atom stereocenters. The van der Waals surface area contributed by atoms with Gasteiger partial charge in [-0.05, 0) is 56.3 Å². The van der Waals surface area contributed by atoms with Crippen LogP contribution < -0.4 is 5.32 Å². The first-order valence-electron chi connectivity index (χ1n) is 11.7. The van der Waals surface area contributed by atoms with E-state index in [9.17, 15) is 13.6 Å². The Balaban J connectivity index is 1.39. The number of amides is 1. The van der Waals surface area contributed by atoms with Gasteiger partial charge in [0.15, 0.2) is 0 Å². The van der Waals surface area contributed by atoms with Crippen molar-refractivity contribution in [3.8, 4) is 11.3 Å². The summed E-state index contributed by atoms with van der Waals surface area (Å²) in [4.78, 5) is 24.7. The highest BCUT2D eigenvalue weighted by molar-refractivity contribution is 6.12. The molecule has 2 aromatic heterocycles. The molecule has 0 saturated carbocycles. The van der Waals surface area contributed by atoms with E-state index in [1.54, 1.807) is 36.5 Å². The molecule has 5 rings (SSSR count). The van der Waals surface area contributed by atoms with Crippen molar-refractivity contribution in [3.05, 3.63) is 89.7 Å². The zero-order chi connectivity index (χ0) is 24.4. The van der Waals surface area contributed by atoms with Gasteiger partial charge in [-0.1, -0.05) is 36.4 Å². The molecule has 3 heterocycles. The Morgan fingerprint density at radius 3 is 2.57 bits per heavy atom. The lowest BCUT2D eigenvalue weighted by atomic mass is 10.0. The van der Waals surface area contributed by atoms with Gasteiger partial charge in [-0.15, -0.1) is 0 Å². The van der Waals surface area contributed by atoms with E-state index in [0.717, 1.165) is 37.6 Å². The maximum Gasteiger partial charge on any atom is 0.270 e. The number of anilines is 1. The van der Waals surface area contributed by atoms with Gasteiger partial charge in [0.05, 0.1) is 34.4 Å². The molecule has 1 fully saturated rings. The molecule has 1 aliphatic heterocycles. The summed E-state index contributed by atoms with van der Waals surface area (Å²) in [6.07, 6.45) is 4.13. The first-order valence-corrected chi connectivity index (χ1v) is 11.7. The number of nitrogens with zero attached hydrogens (tertiary/aromatic N) is 3. The van der Waals surface area contributed by atoms with Crippen LogP contribution in [0.1, 0.15) is 41.4 Å². The maximum absolute atomic E-state index is 13.8. The standard InChI is InChI=1S/C28H26F2N4O/c1-28(29,30)21-8-4-7-20(16-21)25-13-10-19-6-5-9-24(26(19)33-25)27(35)32-22-11-12-23(31-17-22)18-34-14-2-3-15-34/h4-13,16-17H,2-3,14-15,18H2,1H3,(H,32,35). The number of carbonyl (C=O) groups is 1. The van der Waals surface area contributed by atoms with Gasteiger partial charge in [0.2, 0.25) is 0 Å². The first-order chi connectivity index (χ1) is 16.9. The van der Waals surface area contributed by atoms with Gasteiger partial charge in [0.1, 0.15) is 0 Å². The molecule has 0 spiro atoms. The van der Waals surface area contributed by atoms with Crippen molar-refractivity contribution < 1.29 is 13.6 Å². The molecule has 0 unspecified atom stereocenters. The molecule has 0 aliphatic carbocycles. The SMILES string of the molecule is CC(F)(F)c1cccc(-c2ccc3cccc(C(=O)Nc4ccc(CN5CCCC5)nc4)c3n2)c1. The van der Waals surface area contributed by atoms with E-state index in [0.29, 0.717) is 28.0 Å². The third-order valence-electron chi connectivity index (χ3n) is 6.30. The molecule has 35 heavy (non-hydrogen) atoms. The van der Waals surface area contributed by atoms with Crippen LogP contribution in [0.3, 0.4) is 0 Å². The molecule has 1 saturated heterocycles. The quantitative estimate of drug-likeness (QED) is 0.360. The van der Waals surface area contributed by atoms with Crippen LogP contribution in [0.5, 0.6) is 0 Å². The number of fused-ring (bicyclic) bond motifs is 1. The van der Waals surface area contributed by atoms with Gasteiger partial charge in [-0.2, -0.15) is 0 Å². The summed E-state index contributed by atoms with van der Waals surface area (Å²) < 4.78 is 27.7. The van der Waals surface area contributed by atoms with Crippen molar-refractivity contribution in [2.75, 3.05) is 18.4 Å². The number of hydrogen-bond acceptors (Lipinski definition) is 4. The Morgan fingerprint density at radius 1 is 1.03 bits per heavy atom. The van der Waals surface area contributed by atoms with Crippen LogP contribution >= 0.6 is 0 Å². The minimum Gasteiger partial charge on any atom is -0.321 e. The molecular formula is C28H26F2N4O. The fraction of sp³-hybridized carbons (Fsp3) is 0.250. The highest BCUT2D eigenvalue weighted by atomic mass is 19.3. The zero-order valence-corrected chi connectivity index (χ0v) is 19.5. The normalized spacial score (nSPS) is 14.4. The molecule has 7 heteroatoms. The molecule has 5 nitrogen and oxygen atoms in total. The Kier molecular flexibility index (Phi) is 6.26. The number of pyridine rings is 2. The van der Waals surface area contributed by atoms with Crippen LogP contribution in [0.25, 0.3) is 22.2 Å². The van der Waals surface area contributed by atoms with Gasteiger partial charge in [-0.25, -0.2) is 13.8 Å². The van der Waals surface area contributed by atoms with Crippen LogP contribution in [0.2, 0.25) is 0 Å². The summed E-state index contributed by atoms with van der Waals surface area (Å²) in [5, 5.41) is 3.69. The number of hydrogen-bond donors (Lipinski definition) is 1. The fourth-order valence-electron chi connectivity index (χ4n) is 4.40. The third kappa shape index (κ3) is 5.20. The highest BCUT2D eigenvalue weighted by Crippen LogP contribution is 2.31. The maximum atomic E-state index is 13.8. The number of likely N-dealkylation sites (tertiary alicyclic amines) is 1. The molecule has 0 bridgehead atoms. The van der Waals surface area contributed by atoms with Crippen LogP contribution in [-0.2, 0) is 12.5 Å². The van der Waals surface area contributed by atoms with E-state index in [1.807, 2.05) is 24.3 Å². The Labute approximate surface area is 202 Å². The average molecular weight is 473 g/mol. The molecule has 0 radical (unpaired) electrons. The van der Waals surface area contributed by atoms with Crippen LogP contribution in [0.15, 0.2) is 72.9 Å². The molecule has 178 valence electrons. The van der Waals surface area contributed by atoms with Gasteiger partial charge >= 0.3 is 0 Å². The van der Waals surface area contributed by atoms with Crippen LogP contribution in [0, 0.1) is 0 Å². The molecule has 2 aromatic carbocycles. The van der Waals surface area contributed by atoms with E-state index in [-0.39, 0.29) is 11.5 Å². The van der Waals surface area contributed by atoms with Gasteiger partial charge in [0, 0.05) is 30.0 Å². The molecule has 1 N–H and O–H groups in total. The summed E-state index contributed by atoms with van der Waals surface area (Å²) in [6, 6.07) is 19.0. The number of halogens is 2. The number of benzene rings is 2. The minimum atomic E-state index is -2.95. The topological polar surface area (TPSA) is 58.1 Å². The predicted octanol–water partition coefficient (Wildman–Crippen LogP) is 6.26. The Bertz CT molecular complexity index is 1360. The smallest absolute Gasteiger partial charge is 0.270 e. The summed E-state index contributed by atoms with van der Waals surface area (Å²) in [5.41, 5.74) is 3.50. The minimum absolute atomic E-state index is 0.0800.